The molecule has 3 heteroatoms. The summed E-state index contributed by atoms with van der Waals surface area (Å²) in [7, 11) is 0. The van der Waals surface area contributed by atoms with Crippen LogP contribution in [0.5, 0.6) is 0 Å². The van der Waals surface area contributed by atoms with Gasteiger partial charge in [-0.1, -0.05) is 38.8 Å². The van der Waals surface area contributed by atoms with E-state index in [-0.39, 0.29) is 17.7 Å². The largest absolute Gasteiger partial charge is 0.466 e. The maximum atomic E-state index is 13.2. The van der Waals surface area contributed by atoms with Crippen LogP contribution in [0, 0.1) is 5.82 Å². The van der Waals surface area contributed by atoms with Gasteiger partial charge in [0.25, 0.3) is 0 Å². The van der Waals surface area contributed by atoms with Gasteiger partial charge in [-0.15, -0.1) is 0 Å². The van der Waals surface area contributed by atoms with E-state index >= 15 is 0 Å². The molecule has 2 nitrogen and oxygen atoms in total. The van der Waals surface area contributed by atoms with Crippen LogP contribution < -0.4 is 0 Å². The van der Waals surface area contributed by atoms with Crippen LogP contribution in [0.1, 0.15) is 57.4 Å². The van der Waals surface area contributed by atoms with Gasteiger partial charge in [-0.25, -0.2) is 4.39 Å². The average Bonchev–Trinajstić information content (AvgIpc) is 2.38. The van der Waals surface area contributed by atoms with Crippen molar-refractivity contribution in [2.24, 2.45) is 0 Å². The van der Waals surface area contributed by atoms with Crippen molar-refractivity contribution in [3.63, 3.8) is 0 Å². The standard InChI is InChI=1S/C16H23FO2/c1-3-5-10-19-16(18)12-13(7-4-2)14-8-6-9-15(17)11-14/h6,8-9,11,13H,3-5,7,10,12H2,1-2H3. The first-order valence-electron chi connectivity index (χ1n) is 7.08. The lowest BCUT2D eigenvalue weighted by molar-refractivity contribution is -0.144. The molecule has 19 heavy (non-hydrogen) atoms. The highest BCUT2D eigenvalue weighted by Gasteiger charge is 2.16. The molecular weight excluding hydrogens is 243 g/mol. The monoisotopic (exact) mass is 266 g/mol. The second-order valence-electron chi connectivity index (χ2n) is 4.82. The molecule has 0 N–H and O–H groups in total. The number of carbonyl (C=O) groups is 1. The molecule has 0 saturated carbocycles. The highest BCUT2D eigenvalue weighted by atomic mass is 19.1. The summed E-state index contributed by atoms with van der Waals surface area (Å²) in [6.45, 7) is 4.60. The molecule has 1 aromatic carbocycles. The molecule has 0 aliphatic carbocycles. The molecule has 1 unspecified atom stereocenters. The molecule has 1 rings (SSSR count). The quantitative estimate of drug-likeness (QED) is 0.513. The second-order valence-corrected chi connectivity index (χ2v) is 4.82. The molecule has 106 valence electrons. The number of esters is 1. The van der Waals surface area contributed by atoms with Crippen LogP contribution in [0.25, 0.3) is 0 Å². The van der Waals surface area contributed by atoms with Crippen molar-refractivity contribution in [3.8, 4) is 0 Å². The first-order valence-corrected chi connectivity index (χ1v) is 7.08. The van der Waals surface area contributed by atoms with Crippen molar-refractivity contribution in [2.75, 3.05) is 6.61 Å². The Morgan fingerprint density at radius 2 is 2.11 bits per heavy atom. The first kappa shape index (κ1) is 15.7. The Bertz CT molecular complexity index is 390. The Kier molecular flexibility index (Phi) is 7.16. The molecule has 0 heterocycles. The molecule has 0 bridgehead atoms. The zero-order valence-electron chi connectivity index (χ0n) is 11.8. The smallest absolute Gasteiger partial charge is 0.306 e. The molecule has 0 fully saturated rings. The van der Waals surface area contributed by atoms with Crippen molar-refractivity contribution in [3.05, 3.63) is 35.6 Å². The van der Waals surface area contributed by atoms with Crippen LogP contribution in [0.4, 0.5) is 4.39 Å². The molecule has 0 spiro atoms. The summed E-state index contributed by atoms with van der Waals surface area (Å²) in [5.41, 5.74) is 0.884. The lowest BCUT2D eigenvalue weighted by Gasteiger charge is -2.16. The van der Waals surface area contributed by atoms with E-state index in [0.717, 1.165) is 31.2 Å². The number of rotatable bonds is 8. The summed E-state index contributed by atoms with van der Waals surface area (Å²) in [5.74, 6) is -0.385. The Hall–Kier alpha value is -1.38. The van der Waals surface area contributed by atoms with E-state index in [9.17, 15) is 9.18 Å². The van der Waals surface area contributed by atoms with Gasteiger partial charge < -0.3 is 4.74 Å². The minimum absolute atomic E-state index is 0.0508. The molecular formula is C16H23FO2. The number of halogens is 1. The van der Waals surface area contributed by atoms with Crippen molar-refractivity contribution in [1.29, 1.82) is 0 Å². The summed E-state index contributed by atoms with van der Waals surface area (Å²) in [4.78, 5) is 11.7. The maximum absolute atomic E-state index is 13.2. The molecule has 0 aliphatic heterocycles. The Labute approximate surface area is 115 Å². The molecule has 0 saturated heterocycles. The average molecular weight is 266 g/mol. The minimum atomic E-state index is -0.252. The first-order chi connectivity index (χ1) is 9.17. The number of hydrogen-bond acceptors (Lipinski definition) is 2. The predicted molar refractivity (Wildman–Crippen MR) is 74.5 cm³/mol. The molecule has 0 amide bonds. The molecule has 1 aromatic rings. The third-order valence-corrected chi connectivity index (χ3v) is 3.13. The fraction of sp³-hybridized carbons (Fsp3) is 0.562. The van der Waals surface area contributed by atoms with Crippen molar-refractivity contribution in [1.82, 2.24) is 0 Å². The van der Waals surface area contributed by atoms with Gasteiger partial charge in [-0.3, -0.25) is 4.79 Å². The summed E-state index contributed by atoms with van der Waals surface area (Å²) in [6.07, 6.45) is 4.07. The van der Waals surface area contributed by atoms with Gasteiger partial charge in [0.05, 0.1) is 13.0 Å². The number of benzene rings is 1. The van der Waals surface area contributed by atoms with E-state index in [0.29, 0.717) is 13.0 Å². The van der Waals surface area contributed by atoms with Gasteiger partial charge in [0.15, 0.2) is 0 Å². The summed E-state index contributed by atoms with van der Waals surface area (Å²) in [5, 5.41) is 0. The predicted octanol–water partition coefficient (Wildman–Crippen LogP) is 4.44. The Balaban J connectivity index is 2.60. The fourth-order valence-corrected chi connectivity index (χ4v) is 2.09. The normalized spacial score (nSPS) is 12.2. The summed E-state index contributed by atoms with van der Waals surface area (Å²) >= 11 is 0. The zero-order valence-corrected chi connectivity index (χ0v) is 11.8. The van der Waals surface area contributed by atoms with E-state index in [1.165, 1.54) is 12.1 Å². The highest BCUT2D eigenvalue weighted by Crippen LogP contribution is 2.26. The van der Waals surface area contributed by atoms with E-state index < -0.39 is 0 Å². The molecule has 0 aromatic heterocycles. The van der Waals surface area contributed by atoms with Crippen LogP contribution in [0.2, 0.25) is 0 Å². The number of hydrogen-bond donors (Lipinski definition) is 0. The van der Waals surface area contributed by atoms with E-state index in [4.69, 9.17) is 4.74 Å². The van der Waals surface area contributed by atoms with Crippen LogP contribution >= 0.6 is 0 Å². The summed E-state index contributed by atoms with van der Waals surface area (Å²) in [6, 6.07) is 6.50. The second kappa shape index (κ2) is 8.68. The van der Waals surface area contributed by atoms with E-state index in [1.54, 1.807) is 6.07 Å². The van der Waals surface area contributed by atoms with Crippen LogP contribution in [0.3, 0.4) is 0 Å². The minimum Gasteiger partial charge on any atom is -0.466 e. The number of unbranched alkanes of at least 4 members (excludes halogenated alkanes) is 1. The van der Waals surface area contributed by atoms with Crippen molar-refractivity contribution >= 4 is 5.97 Å². The third kappa shape index (κ3) is 5.86. The van der Waals surface area contributed by atoms with Gasteiger partial charge in [-0.05, 0) is 36.5 Å². The van der Waals surface area contributed by atoms with Gasteiger partial charge in [-0.2, -0.15) is 0 Å². The molecule has 1 atom stereocenters. The van der Waals surface area contributed by atoms with Crippen LogP contribution in [0.15, 0.2) is 24.3 Å². The Morgan fingerprint density at radius 1 is 1.32 bits per heavy atom. The SMILES string of the molecule is CCCCOC(=O)CC(CCC)c1cccc(F)c1. The van der Waals surface area contributed by atoms with Gasteiger partial charge in [0, 0.05) is 0 Å². The molecule has 0 aliphatic rings. The van der Waals surface area contributed by atoms with Crippen molar-refractivity contribution in [2.45, 2.75) is 51.9 Å². The number of ether oxygens (including phenoxy) is 1. The summed E-state index contributed by atoms with van der Waals surface area (Å²) < 4.78 is 18.4. The lowest BCUT2D eigenvalue weighted by atomic mass is 9.91. The highest BCUT2D eigenvalue weighted by molar-refractivity contribution is 5.70. The Morgan fingerprint density at radius 3 is 2.74 bits per heavy atom. The van der Waals surface area contributed by atoms with Crippen LogP contribution in [-0.4, -0.2) is 12.6 Å². The number of carbonyl (C=O) groups excluding carboxylic acids is 1. The van der Waals surface area contributed by atoms with Gasteiger partial charge in [0.1, 0.15) is 5.82 Å². The van der Waals surface area contributed by atoms with Gasteiger partial charge in [0.2, 0.25) is 0 Å². The zero-order chi connectivity index (χ0) is 14.1. The van der Waals surface area contributed by atoms with Crippen LogP contribution in [-0.2, 0) is 9.53 Å². The third-order valence-electron chi connectivity index (χ3n) is 3.13. The molecule has 0 radical (unpaired) electrons. The van der Waals surface area contributed by atoms with E-state index in [1.807, 2.05) is 6.07 Å². The fourth-order valence-electron chi connectivity index (χ4n) is 2.09. The maximum Gasteiger partial charge on any atom is 0.306 e. The van der Waals surface area contributed by atoms with Gasteiger partial charge >= 0.3 is 5.97 Å². The van der Waals surface area contributed by atoms with Crippen molar-refractivity contribution < 1.29 is 13.9 Å². The van der Waals surface area contributed by atoms with E-state index in [2.05, 4.69) is 13.8 Å². The lowest BCUT2D eigenvalue weighted by Crippen LogP contribution is -2.11. The topological polar surface area (TPSA) is 26.3 Å².